The van der Waals surface area contributed by atoms with Gasteiger partial charge in [-0.3, -0.25) is 19.7 Å². The summed E-state index contributed by atoms with van der Waals surface area (Å²) in [4.78, 5) is 34.2. The third kappa shape index (κ3) is 5.90. The molecule has 1 aliphatic heterocycles. The Morgan fingerprint density at radius 3 is 2.61 bits per heavy atom. The van der Waals surface area contributed by atoms with Crippen LogP contribution in [0, 0.1) is 10.1 Å². The number of carbonyl (C=O) groups excluding carboxylic acids is 2. The molecule has 0 atom stereocenters. The van der Waals surface area contributed by atoms with Crippen LogP contribution in [0.15, 0.2) is 58.5 Å². The van der Waals surface area contributed by atoms with E-state index in [1.54, 1.807) is 0 Å². The Labute approximate surface area is 189 Å². The lowest BCUT2D eigenvalue weighted by Gasteiger charge is -2.12. The first-order chi connectivity index (χ1) is 15.7. The van der Waals surface area contributed by atoms with Gasteiger partial charge in [-0.25, -0.2) is 13.4 Å². The molecule has 33 heavy (non-hydrogen) atoms. The van der Waals surface area contributed by atoms with Crippen LogP contribution in [0.2, 0.25) is 0 Å². The van der Waals surface area contributed by atoms with Gasteiger partial charge in [0.1, 0.15) is 12.2 Å². The van der Waals surface area contributed by atoms with Crippen LogP contribution in [-0.2, 0) is 24.3 Å². The number of nitro benzene ring substituents is 1. The second kappa shape index (κ2) is 10.2. The van der Waals surface area contributed by atoms with Crippen molar-refractivity contribution < 1.29 is 27.7 Å². The lowest BCUT2D eigenvalue weighted by atomic mass is 10.1. The van der Waals surface area contributed by atoms with E-state index in [-0.39, 0.29) is 5.69 Å². The quantitative estimate of drug-likeness (QED) is 0.310. The second-order valence-corrected chi connectivity index (χ2v) is 8.62. The number of nitrogens with zero attached hydrogens (tertiary/aromatic N) is 3. The maximum Gasteiger partial charge on any atom is 0.321 e. The molecule has 13 heteroatoms. The van der Waals surface area contributed by atoms with E-state index < -0.39 is 50.6 Å². The van der Waals surface area contributed by atoms with Crippen molar-refractivity contribution in [1.82, 2.24) is 9.73 Å². The molecule has 0 bridgehead atoms. The first-order valence-corrected chi connectivity index (χ1v) is 11.2. The van der Waals surface area contributed by atoms with E-state index in [0.717, 1.165) is 23.4 Å². The summed E-state index contributed by atoms with van der Waals surface area (Å²) in [6.07, 6.45) is 0.558. The van der Waals surface area contributed by atoms with Crippen molar-refractivity contribution in [3.8, 4) is 0 Å². The maximum atomic E-state index is 12.4. The standard InChI is InChI=1S/C20H21N5O7S/c1-21-17-8-7-15(11-18(17)25(28)29)33(30,31)22-12-20(27)32-13-19(26)24-10-9-16(23-24)14-5-3-2-4-6-14/h2-8,11,21-22H,9-10,12-13H2,1H3. The zero-order chi connectivity index (χ0) is 24.0. The Balaban J connectivity index is 1.53. The molecular formula is C20H21N5O7S. The van der Waals surface area contributed by atoms with Crippen LogP contribution in [0.1, 0.15) is 12.0 Å². The molecule has 0 aromatic heterocycles. The Morgan fingerprint density at radius 1 is 1.21 bits per heavy atom. The molecule has 0 aliphatic carbocycles. The van der Waals surface area contributed by atoms with Gasteiger partial charge in [-0.2, -0.15) is 9.82 Å². The van der Waals surface area contributed by atoms with Gasteiger partial charge in [-0.15, -0.1) is 0 Å². The number of benzene rings is 2. The van der Waals surface area contributed by atoms with Crippen molar-refractivity contribution in [2.75, 3.05) is 32.1 Å². The molecule has 0 fully saturated rings. The highest BCUT2D eigenvalue weighted by Gasteiger charge is 2.24. The number of hydrogen-bond acceptors (Lipinski definition) is 9. The highest BCUT2D eigenvalue weighted by molar-refractivity contribution is 7.89. The van der Waals surface area contributed by atoms with Crippen molar-refractivity contribution in [2.45, 2.75) is 11.3 Å². The van der Waals surface area contributed by atoms with Crippen molar-refractivity contribution >= 4 is 39.0 Å². The first kappa shape index (κ1) is 23.8. The third-order valence-electron chi connectivity index (χ3n) is 4.71. The average molecular weight is 475 g/mol. The van der Waals surface area contributed by atoms with Gasteiger partial charge in [-0.05, 0) is 17.7 Å². The van der Waals surface area contributed by atoms with Crippen LogP contribution in [0.3, 0.4) is 0 Å². The molecule has 174 valence electrons. The predicted molar refractivity (Wildman–Crippen MR) is 118 cm³/mol. The number of rotatable bonds is 9. The lowest BCUT2D eigenvalue weighted by molar-refractivity contribution is -0.384. The average Bonchev–Trinajstić information content (AvgIpc) is 3.32. The number of ether oxygens (including phenoxy) is 1. The van der Waals surface area contributed by atoms with E-state index in [1.165, 1.54) is 18.1 Å². The highest BCUT2D eigenvalue weighted by atomic mass is 32.2. The van der Waals surface area contributed by atoms with Crippen LogP contribution >= 0.6 is 0 Å². The summed E-state index contributed by atoms with van der Waals surface area (Å²) in [5.74, 6) is -1.53. The third-order valence-corrected chi connectivity index (χ3v) is 6.10. The summed E-state index contributed by atoms with van der Waals surface area (Å²) in [6.45, 7) is -1.02. The molecule has 1 aliphatic rings. The molecular weight excluding hydrogens is 454 g/mol. The largest absolute Gasteiger partial charge is 0.455 e. The zero-order valence-corrected chi connectivity index (χ0v) is 18.4. The van der Waals surface area contributed by atoms with Crippen LogP contribution in [0.5, 0.6) is 0 Å². The SMILES string of the molecule is CNc1ccc(S(=O)(=O)NCC(=O)OCC(=O)N2CCC(c3ccccc3)=N2)cc1[N+](=O)[O-]. The number of amides is 1. The Hall–Kier alpha value is -3.84. The highest BCUT2D eigenvalue weighted by Crippen LogP contribution is 2.27. The van der Waals surface area contributed by atoms with E-state index in [4.69, 9.17) is 4.74 Å². The maximum absolute atomic E-state index is 12.4. The zero-order valence-electron chi connectivity index (χ0n) is 17.6. The van der Waals surface area contributed by atoms with Gasteiger partial charge < -0.3 is 10.1 Å². The van der Waals surface area contributed by atoms with Crippen molar-refractivity contribution in [1.29, 1.82) is 0 Å². The number of hydrogen-bond donors (Lipinski definition) is 2. The van der Waals surface area contributed by atoms with Gasteiger partial charge in [0.15, 0.2) is 6.61 Å². The van der Waals surface area contributed by atoms with E-state index >= 15 is 0 Å². The van der Waals surface area contributed by atoms with Crippen LogP contribution in [0.4, 0.5) is 11.4 Å². The van der Waals surface area contributed by atoms with Crippen LogP contribution in [0.25, 0.3) is 0 Å². The summed E-state index contributed by atoms with van der Waals surface area (Å²) in [5, 5.41) is 19.1. The Bertz CT molecular complexity index is 1200. The van der Waals surface area contributed by atoms with E-state index in [1.807, 2.05) is 35.1 Å². The summed E-state index contributed by atoms with van der Waals surface area (Å²) < 4.78 is 31.6. The second-order valence-electron chi connectivity index (χ2n) is 6.85. The molecule has 1 heterocycles. The molecule has 2 N–H and O–H groups in total. The Kier molecular flexibility index (Phi) is 7.35. The molecule has 0 spiro atoms. The number of esters is 1. The molecule has 0 saturated carbocycles. The fourth-order valence-electron chi connectivity index (χ4n) is 3.02. The summed E-state index contributed by atoms with van der Waals surface area (Å²) in [7, 11) is -2.77. The monoisotopic (exact) mass is 475 g/mol. The van der Waals surface area contributed by atoms with Gasteiger partial charge in [-0.1, -0.05) is 30.3 Å². The molecule has 2 aromatic rings. The van der Waals surface area contributed by atoms with Gasteiger partial charge in [0.25, 0.3) is 11.6 Å². The first-order valence-electron chi connectivity index (χ1n) is 9.76. The number of sulfonamides is 1. The summed E-state index contributed by atoms with van der Waals surface area (Å²) >= 11 is 0. The van der Waals surface area contributed by atoms with Crippen molar-refractivity contribution in [3.05, 3.63) is 64.2 Å². The summed E-state index contributed by atoms with van der Waals surface area (Å²) in [6, 6.07) is 12.6. The fourth-order valence-corrected chi connectivity index (χ4v) is 4.01. The molecule has 1 amide bonds. The predicted octanol–water partition coefficient (Wildman–Crippen LogP) is 1.09. The molecule has 0 saturated heterocycles. The minimum absolute atomic E-state index is 0.136. The molecule has 3 rings (SSSR count). The Morgan fingerprint density at radius 2 is 1.94 bits per heavy atom. The van der Waals surface area contributed by atoms with Gasteiger partial charge in [0, 0.05) is 19.5 Å². The molecule has 0 unspecified atom stereocenters. The number of hydrazone groups is 1. The van der Waals surface area contributed by atoms with E-state index in [9.17, 15) is 28.1 Å². The smallest absolute Gasteiger partial charge is 0.321 e. The minimum atomic E-state index is -4.23. The number of anilines is 1. The number of carbonyl (C=O) groups is 2. The molecule has 0 radical (unpaired) electrons. The minimum Gasteiger partial charge on any atom is -0.455 e. The lowest BCUT2D eigenvalue weighted by Crippen LogP contribution is -2.34. The van der Waals surface area contributed by atoms with Crippen LogP contribution in [-0.4, -0.2) is 62.7 Å². The fraction of sp³-hybridized carbons (Fsp3) is 0.250. The van der Waals surface area contributed by atoms with Crippen molar-refractivity contribution in [3.63, 3.8) is 0 Å². The topological polar surface area (TPSA) is 160 Å². The number of nitro groups is 1. The van der Waals surface area contributed by atoms with Gasteiger partial charge >= 0.3 is 5.97 Å². The van der Waals surface area contributed by atoms with Crippen molar-refractivity contribution in [2.24, 2.45) is 5.10 Å². The normalized spacial score (nSPS) is 13.4. The van der Waals surface area contributed by atoms with E-state index in [0.29, 0.717) is 13.0 Å². The van der Waals surface area contributed by atoms with E-state index in [2.05, 4.69) is 10.4 Å². The van der Waals surface area contributed by atoms with Crippen LogP contribution < -0.4 is 10.0 Å². The van der Waals surface area contributed by atoms with Gasteiger partial charge in [0.2, 0.25) is 10.0 Å². The van der Waals surface area contributed by atoms with Gasteiger partial charge in [0.05, 0.1) is 22.1 Å². The molecule has 2 aromatic carbocycles. The molecule has 12 nitrogen and oxygen atoms in total. The summed E-state index contributed by atoms with van der Waals surface area (Å²) in [5.41, 5.74) is 1.33. The number of nitrogens with one attached hydrogen (secondary N) is 2.